The van der Waals surface area contributed by atoms with Crippen molar-refractivity contribution in [2.45, 2.75) is 19.5 Å². The van der Waals surface area contributed by atoms with Gasteiger partial charge in [0.05, 0.1) is 11.8 Å². The first-order valence-electron chi connectivity index (χ1n) is 7.57. The van der Waals surface area contributed by atoms with Gasteiger partial charge in [0, 0.05) is 37.9 Å². The van der Waals surface area contributed by atoms with Gasteiger partial charge >= 0.3 is 0 Å². The predicted octanol–water partition coefficient (Wildman–Crippen LogP) is 1.05. The minimum atomic E-state index is -0.222. The zero-order valence-corrected chi connectivity index (χ0v) is 12.6. The standard InChI is InChI=1S/C17H18N4O2/c22-16(20-10-12-3-1-5-18-8-12)14-7-15(14)17(23)21-11-13-4-2-6-19-9-13/h1-6,8-9,14-15H,7,10-11H2,(H,20,22)(H,21,23). The fraction of sp³-hybridized carbons (Fsp3) is 0.294. The Balaban J connectivity index is 1.41. The molecule has 23 heavy (non-hydrogen) atoms. The van der Waals surface area contributed by atoms with Crippen molar-refractivity contribution in [2.24, 2.45) is 11.8 Å². The molecule has 0 spiro atoms. The van der Waals surface area contributed by atoms with Crippen molar-refractivity contribution in [3.63, 3.8) is 0 Å². The van der Waals surface area contributed by atoms with E-state index in [0.29, 0.717) is 19.5 Å². The Labute approximate surface area is 134 Å². The first kappa shape index (κ1) is 15.1. The zero-order chi connectivity index (χ0) is 16.1. The molecule has 0 aliphatic heterocycles. The van der Waals surface area contributed by atoms with Crippen molar-refractivity contribution in [3.8, 4) is 0 Å². The van der Waals surface area contributed by atoms with Crippen LogP contribution < -0.4 is 10.6 Å². The van der Waals surface area contributed by atoms with Crippen LogP contribution in [0.15, 0.2) is 49.1 Å². The average molecular weight is 310 g/mol. The molecule has 0 radical (unpaired) electrons. The third-order valence-electron chi connectivity index (χ3n) is 3.84. The summed E-state index contributed by atoms with van der Waals surface area (Å²) in [5.74, 6) is -0.591. The lowest BCUT2D eigenvalue weighted by atomic mass is 10.2. The molecular formula is C17H18N4O2. The molecule has 6 nitrogen and oxygen atoms in total. The van der Waals surface area contributed by atoms with Crippen LogP contribution in [0, 0.1) is 11.8 Å². The van der Waals surface area contributed by atoms with Crippen LogP contribution in [0.5, 0.6) is 0 Å². The van der Waals surface area contributed by atoms with E-state index < -0.39 is 0 Å². The molecule has 1 saturated carbocycles. The summed E-state index contributed by atoms with van der Waals surface area (Å²) in [7, 11) is 0. The molecule has 6 heteroatoms. The highest BCUT2D eigenvalue weighted by Gasteiger charge is 2.47. The van der Waals surface area contributed by atoms with Crippen LogP contribution in [0.4, 0.5) is 0 Å². The summed E-state index contributed by atoms with van der Waals surface area (Å²) < 4.78 is 0. The molecular weight excluding hydrogens is 292 g/mol. The molecule has 2 unspecified atom stereocenters. The molecule has 1 fully saturated rings. The van der Waals surface area contributed by atoms with Crippen LogP contribution >= 0.6 is 0 Å². The van der Waals surface area contributed by atoms with Gasteiger partial charge in [-0.05, 0) is 29.7 Å². The highest BCUT2D eigenvalue weighted by molar-refractivity contribution is 5.92. The van der Waals surface area contributed by atoms with Crippen LogP contribution in [0.3, 0.4) is 0 Å². The van der Waals surface area contributed by atoms with Gasteiger partial charge in [-0.2, -0.15) is 0 Å². The summed E-state index contributed by atoms with van der Waals surface area (Å²) in [6.45, 7) is 0.875. The Morgan fingerprint density at radius 2 is 1.39 bits per heavy atom. The molecule has 0 aromatic carbocycles. The maximum absolute atomic E-state index is 12.0. The summed E-state index contributed by atoms with van der Waals surface area (Å²) in [4.78, 5) is 32.1. The largest absolute Gasteiger partial charge is 0.352 e. The van der Waals surface area contributed by atoms with Crippen molar-refractivity contribution in [1.29, 1.82) is 0 Å². The maximum Gasteiger partial charge on any atom is 0.224 e. The highest BCUT2D eigenvalue weighted by Crippen LogP contribution is 2.38. The number of carbonyl (C=O) groups is 2. The number of nitrogens with one attached hydrogen (secondary N) is 2. The lowest BCUT2D eigenvalue weighted by molar-refractivity contribution is -0.127. The van der Waals surface area contributed by atoms with Crippen LogP contribution in [-0.2, 0) is 22.7 Å². The minimum Gasteiger partial charge on any atom is -0.352 e. The first-order valence-corrected chi connectivity index (χ1v) is 7.57. The zero-order valence-electron chi connectivity index (χ0n) is 12.6. The van der Waals surface area contributed by atoms with E-state index >= 15 is 0 Å². The van der Waals surface area contributed by atoms with Crippen LogP contribution in [0.1, 0.15) is 17.5 Å². The van der Waals surface area contributed by atoms with E-state index in [1.807, 2.05) is 24.3 Å². The monoisotopic (exact) mass is 310 g/mol. The summed E-state index contributed by atoms with van der Waals surface area (Å²) in [5.41, 5.74) is 1.89. The second-order valence-corrected chi connectivity index (χ2v) is 5.61. The molecule has 1 aliphatic rings. The van der Waals surface area contributed by atoms with Gasteiger partial charge in [0.15, 0.2) is 0 Å². The van der Waals surface area contributed by atoms with Gasteiger partial charge in [0.25, 0.3) is 0 Å². The molecule has 118 valence electrons. The molecule has 2 atom stereocenters. The predicted molar refractivity (Wildman–Crippen MR) is 83.8 cm³/mol. The Bertz CT molecular complexity index is 616. The summed E-state index contributed by atoms with van der Waals surface area (Å²) in [6.07, 6.45) is 7.41. The second-order valence-electron chi connectivity index (χ2n) is 5.61. The van der Waals surface area contributed by atoms with Crippen LogP contribution in [0.25, 0.3) is 0 Å². The van der Waals surface area contributed by atoms with Crippen molar-refractivity contribution >= 4 is 11.8 Å². The van der Waals surface area contributed by atoms with Crippen molar-refractivity contribution < 1.29 is 9.59 Å². The lowest BCUT2D eigenvalue weighted by Gasteiger charge is -2.06. The van der Waals surface area contributed by atoms with E-state index in [1.54, 1.807) is 24.8 Å². The number of amides is 2. The quantitative estimate of drug-likeness (QED) is 0.835. The van der Waals surface area contributed by atoms with E-state index in [9.17, 15) is 9.59 Å². The Hall–Kier alpha value is -2.76. The third-order valence-corrected chi connectivity index (χ3v) is 3.84. The van der Waals surface area contributed by atoms with Gasteiger partial charge in [-0.1, -0.05) is 12.1 Å². The topological polar surface area (TPSA) is 84.0 Å². The van der Waals surface area contributed by atoms with E-state index in [0.717, 1.165) is 11.1 Å². The van der Waals surface area contributed by atoms with E-state index in [1.165, 1.54) is 0 Å². The van der Waals surface area contributed by atoms with E-state index in [-0.39, 0.29) is 23.7 Å². The molecule has 2 aromatic heterocycles. The Morgan fingerprint density at radius 3 is 1.78 bits per heavy atom. The number of nitrogens with zero attached hydrogens (tertiary/aromatic N) is 2. The summed E-state index contributed by atoms with van der Waals surface area (Å²) >= 11 is 0. The molecule has 1 aliphatic carbocycles. The van der Waals surface area contributed by atoms with Crippen molar-refractivity contribution in [1.82, 2.24) is 20.6 Å². The fourth-order valence-corrected chi connectivity index (χ4v) is 2.42. The maximum atomic E-state index is 12.0. The van der Waals surface area contributed by atoms with Gasteiger partial charge in [-0.3, -0.25) is 19.6 Å². The van der Waals surface area contributed by atoms with Gasteiger partial charge in [-0.15, -0.1) is 0 Å². The fourth-order valence-electron chi connectivity index (χ4n) is 2.42. The highest BCUT2D eigenvalue weighted by atomic mass is 16.2. The molecule has 0 saturated heterocycles. The summed E-state index contributed by atoms with van der Waals surface area (Å²) in [5, 5.41) is 5.70. The number of hydrogen-bond donors (Lipinski definition) is 2. The van der Waals surface area contributed by atoms with Gasteiger partial charge in [-0.25, -0.2) is 0 Å². The average Bonchev–Trinajstić information content (AvgIpc) is 3.40. The Kier molecular flexibility index (Phi) is 4.61. The minimum absolute atomic E-state index is 0.0737. The number of carbonyl (C=O) groups excluding carboxylic acids is 2. The smallest absolute Gasteiger partial charge is 0.224 e. The molecule has 2 aromatic rings. The molecule has 3 rings (SSSR count). The normalized spacial score (nSPS) is 19.0. The molecule has 2 heterocycles. The first-order chi connectivity index (χ1) is 11.2. The van der Waals surface area contributed by atoms with Gasteiger partial charge in [0.1, 0.15) is 0 Å². The molecule has 0 bridgehead atoms. The number of hydrogen-bond acceptors (Lipinski definition) is 4. The number of aromatic nitrogens is 2. The third kappa shape index (κ3) is 4.12. The molecule has 2 N–H and O–H groups in total. The molecule has 2 amide bonds. The van der Waals surface area contributed by atoms with E-state index in [4.69, 9.17) is 0 Å². The van der Waals surface area contributed by atoms with Gasteiger partial charge < -0.3 is 10.6 Å². The van der Waals surface area contributed by atoms with E-state index in [2.05, 4.69) is 20.6 Å². The number of pyridine rings is 2. The van der Waals surface area contributed by atoms with Crippen LogP contribution in [-0.4, -0.2) is 21.8 Å². The summed E-state index contributed by atoms with van der Waals surface area (Å²) in [6, 6.07) is 7.46. The van der Waals surface area contributed by atoms with Gasteiger partial charge in [0.2, 0.25) is 11.8 Å². The lowest BCUT2D eigenvalue weighted by Crippen LogP contribution is -2.29. The Morgan fingerprint density at radius 1 is 0.913 bits per heavy atom. The number of rotatable bonds is 6. The second kappa shape index (κ2) is 7.00. The van der Waals surface area contributed by atoms with Crippen molar-refractivity contribution in [2.75, 3.05) is 0 Å². The van der Waals surface area contributed by atoms with Crippen molar-refractivity contribution in [3.05, 3.63) is 60.2 Å². The SMILES string of the molecule is O=C(NCc1cccnc1)C1CC1C(=O)NCc1cccnc1. The van der Waals surface area contributed by atoms with Crippen LogP contribution in [0.2, 0.25) is 0 Å².